The Bertz CT molecular complexity index is 161. The lowest BCUT2D eigenvalue weighted by molar-refractivity contribution is -0.0551. The molecule has 0 aromatic carbocycles. The number of morpholine rings is 1. The summed E-state index contributed by atoms with van der Waals surface area (Å²) in [5.74, 6) is 0.720. The van der Waals surface area contributed by atoms with Gasteiger partial charge in [-0.2, -0.15) is 0 Å². The van der Waals surface area contributed by atoms with Crippen LogP contribution in [0.4, 0.5) is 0 Å². The summed E-state index contributed by atoms with van der Waals surface area (Å²) in [5.41, 5.74) is 0.217. The van der Waals surface area contributed by atoms with Crippen LogP contribution in [0.15, 0.2) is 0 Å². The molecule has 0 N–H and O–H groups in total. The minimum atomic E-state index is 0.217. The fraction of sp³-hybridized carbons (Fsp3) is 1.00. The Hall–Kier alpha value is 0.400. The van der Waals surface area contributed by atoms with Gasteiger partial charge in [-0.3, -0.25) is 4.90 Å². The average molecular weight is 250 g/mol. The Kier molecular flexibility index (Phi) is 4.20. The van der Waals surface area contributed by atoms with E-state index in [4.69, 9.17) is 4.74 Å². The van der Waals surface area contributed by atoms with Crippen molar-refractivity contribution in [3.05, 3.63) is 0 Å². The first-order valence-corrected chi connectivity index (χ1v) is 6.07. The van der Waals surface area contributed by atoms with Crippen LogP contribution < -0.4 is 0 Å². The molecule has 1 saturated heterocycles. The number of ether oxygens (including phenoxy) is 1. The zero-order valence-corrected chi connectivity index (χ0v) is 10.4. The van der Waals surface area contributed by atoms with Crippen molar-refractivity contribution in [2.45, 2.75) is 26.3 Å². The van der Waals surface area contributed by atoms with Crippen molar-refractivity contribution >= 4 is 15.9 Å². The maximum Gasteiger partial charge on any atom is 0.0645 e. The van der Waals surface area contributed by atoms with Gasteiger partial charge in [0.25, 0.3) is 0 Å². The van der Waals surface area contributed by atoms with Crippen LogP contribution >= 0.6 is 15.9 Å². The highest BCUT2D eigenvalue weighted by Crippen LogP contribution is 2.20. The topological polar surface area (TPSA) is 12.5 Å². The van der Waals surface area contributed by atoms with Gasteiger partial charge in [0.15, 0.2) is 0 Å². The highest BCUT2D eigenvalue weighted by atomic mass is 79.9. The molecular weight excluding hydrogens is 230 g/mol. The van der Waals surface area contributed by atoms with Gasteiger partial charge in [-0.1, -0.05) is 22.9 Å². The number of nitrogens with zero attached hydrogens (tertiary/aromatic N) is 1. The van der Waals surface area contributed by atoms with Gasteiger partial charge in [-0.25, -0.2) is 0 Å². The highest BCUT2D eigenvalue weighted by molar-refractivity contribution is 9.09. The van der Waals surface area contributed by atoms with Crippen LogP contribution in [0.2, 0.25) is 0 Å². The second-order valence-electron chi connectivity index (χ2n) is 4.57. The molecule has 1 atom stereocenters. The van der Waals surface area contributed by atoms with Crippen LogP contribution in [0.1, 0.15) is 20.8 Å². The van der Waals surface area contributed by atoms with E-state index < -0.39 is 0 Å². The van der Waals surface area contributed by atoms with E-state index >= 15 is 0 Å². The van der Waals surface area contributed by atoms with Crippen molar-refractivity contribution in [1.29, 1.82) is 0 Å². The molecule has 0 bridgehead atoms. The summed E-state index contributed by atoms with van der Waals surface area (Å²) in [6, 6.07) is 0. The third kappa shape index (κ3) is 3.22. The molecule has 78 valence electrons. The quantitative estimate of drug-likeness (QED) is 0.711. The molecule has 1 aliphatic rings. The minimum absolute atomic E-state index is 0.217. The van der Waals surface area contributed by atoms with Crippen LogP contribution in [-0.4, -0.2) is 42.1 Å². The van der Waals surface area contributed by atoms with E-state index in [1.54, 1.807) is 0 Å². The van der Waals surface area contributed by atoms with E-state index in [-0.39, 0.29) is 5.54 Å². The number of hydrogen-bond donors (Lipinski definition) is 0. The van der Waals surface area contributed by atoms with Crippen LogP contribution in [0.5, 0.6) is 0 Å². The van der Waals surface area contributed by atoms with Crippen molar-refractivity contribution < 1.29 is 4.74 Å². The van der Waals surface area contributed by atoms with Crippen molar-refractivity contribution in [2.75, 3.05) is 31.6 Å². The number of alkyl halides is 1. The summed E-state index contributed by atoms with van der Waals surface area (Å²) in [4.78, 5) is 2.53. The second-order valence-corrected chi connectivity index (χ2v) is 5.22. The minimum Gasteiger partial charge on any atom is -0.378 e. The molecule has 0 spiro atoms. The van der Waals surface area contributed by atoms with Crippen molar-refractivity contribution in [3.8, 4) is 0 Å². The van der Waals surface area contributed by atoms with Gasteiger partial charge in [0.2, 0.25) is 0 Å². The molecule has 1 heterocycles. The Morgan fingerprint density at radius 2 is 2.23 bits per heavy atom. The summed E-state index contributed by atoms with van der Waals surface area (Å²) in [6.45, 7) is 10.8. The van der Waals surface area contributed by atoms with Gasteiger partial charge >= 0.3 is 0 Å². The third-order valence-corrected chi connectivity index (χ3v) is 3.72. The Labute approximate surface area is 89.8 Å². The molecule has 0 radical (unpaired) electrons. The standard InChI is InChI=1S/C10H20BrNO/c1-9(6-11)7-12-4-5-13-8-10(12,2)3/h9H,4-8H2,1-3H3. The molecule has 0 aliphatic carbocycles. The zero-order chi connectivity index (χ0) is 9.90. The summed E-state index contributed by atoms with van der Waals surface area (Å²) >= 11 is 3.52. The van der Waals surface area contributed by atoms with Gasteiger partial charge in [-0.15, -0.1) is 0 Å². The first kappa shape index (κ1) is 11.5. The Morgan fingerprint density at radius 3 is 2.77 bits per heavy atom. The molecule has 1 aliphatic heterocycles. The van der Waals surface area contributed by atoms with Crippen LogP contribution in [0.25, 0.3) is 0 Å². The summed E-state index contributed by atoms with van der Waals surface area (Å²) in [7, 11) is 0. The van der Waals surface area contributed by atoms with Gasteiger partial charge in [0, 0.05) is 24.0 Å². The predicted octanol–water partition coefficient (Wildman–Crippen LogP) is 2.13. The first-order chi connectivity index (χ1) is 6.06. The number of rotatable bonds is 3. The maximum atomic E-state index is 5.48. The largest absolute Gasteiger partial charge is 0.378 e. The molecule has 0 saturated carbocycles. The van der Waals surface area contributed by atoms with Crippen LogP contribution in [0, 0.1) is 5.92 Å². The van der Waals surface area contributed by atoms with E-state index in [9.17, 15) is 0 Å². The second kappa shape index (κ2) is 4.76. The molecular formula is C10H20BrNO. The van der Waals surface area contributed by atoms with E-state index in [2.05, 4.69) is 41.6 Å². The molecule has 1 rings (SSSR count). The zero-order valence-electron chi connectivity index (χ0n) is 8.85. The number of hydrogen-bond acceptors (Lipinski definition) is 2. The van der Waals surface area contributed by atoms with E-state index in [1.165, 1.54) is 6.54 Å². The lowest BCUT2D eigenvalue weighted by Gasteiger charge is -2.43. The summed E-state index contributed by atoms with van der Waals surface area (Å²) < 4.78 is 5.48. The van der Waals surface area contributed by atoms with Crippen LogP contribution in [0.3, 0.4) is 0 Å². The molecule has 0 amide bonds. The first-order valence-electron chi connectivity index (χ1n) is 4.95. The van der Waals surface area contributed by atoms with Crippen LogP contribution in [-0.2, 0) is 4.74 Å². The summed E-state index contributed by atoms with van der Waals surface area (Å²) in [6.07, 6.45) is 0. The van der Waals surface area contributed by atoms with Gasteiger partial charge in [0.1, 0.15) is 0 Å². The smallest absolute Gasteiger partial charge is 0.0645 e. The molecule has 13 heavy (non-hydrogen) atoms. The highest BCUT2D eigenvalue weighted by Gasteiger charge is 2.30. The molecule has 1 unspecified atom stereocenters. The lowest BCUT2D eigenvalue weighted by Crippen LogP contribution is -2.54. The lowest BCUT2D eigenvalue weighted by atomic mass is 10.0. The van der Waals surface area contributed by atoms with E-state index in [0.717, 1.165) is 31.0 Å². The summed E-state index contributed by atoms with van der Waals surface area (Å²) in [5, 5.41) is 1.08. The molecule has 2 nitrogen and oxygen atoms in total. The van der Waals surface area contributed by atoms with Gasteiger partial charge in [-0.05, 0) is 19.8 Å². The van der Waals surface area contributed by atoms with Crippen molar-refractivity contribution in [2.24, 2.45) is 5.92 Å². The van der Waals surface area contributed by atoms with Gasteiger partial charge < -0.3 is 4.74 Å². The fourth-order valence-electron chi connectivity index (χ4n) is 1.65. The van der Waals surface area contributed by atoms with Gasteiger partial charge in [0.05, 0.1) is 13.2 Å². The van der Waals surface area contributed by atoms with E-state index in [1.807, 2.05) is 0 Å². The fourth-order valence-corrected chi connectivity index (χ4v) is 1.86. The number of halogens is 1. The third-order valence-electron chi connectivity index (χ3n) is 2.61. The molecule has 3 heteroatoms. The monoisotopic (exact) mass is 249 g/mol. The molecule has 1 fully saturated rings. The van der Waals surface area contributed by atoms with E-state index in [0.29, 0.717) is 0 Å². The average Bonchev–Trinajstić information content (AvgIpc) is 2.08. The van der Waals surface area contributed by atoms with Crippen molar-refractivity contribution in [3.63, 3.8) is 0 Å². The predicted molar refractivity (Wildman–Crippen MR) is 59.4 cm³/mol. The normalized spacial score (nSPS) is 25.8. The SMILES string of the molecule is CC(CBr)CN1CCOCC1(C)C. The Morgan fingerprint density at radius 1 is 1.54 bits per heavy atom. The Balaban J connectivity index is 2.46. The molecule has 0 aromatic heterocycles. The molecule has 0 aromatic rings. The van der Waals surface area contributed by atoms with Crippen molar-refractivity contribution in [1.82, 2.24) is 4.90 Å². The maximum absolute atomic E-state index is 5.48.